The monoisotopic (exact) mass is 398 g/mol. The Morgan fingerprint density at radius 3 is 2.07 bits per heavy atom. The fourth-order valence-electron chi connectivity index (χ4n) is 3.24. The highest BCUT2D eigenvalue weighted by Gasteiger charge is 2.27. The summed E-state index contributed by atoms with van der Waals surface area (Å²) in [6.45, 7) is 6.07. The van der Waals surface area contributed by atoms with Crippen molar-refractivity contribution in [3.63, 3.8) is 0 Å². The highest BCUT2D eigenvalue weighted by Crippen LogP contribution is 2.28. The Labute approximate surface area is 166 Å². The van der Waals surface area contributed by atoms with Crippen molar-refractivity contribution in [2.45, 2.75) is 103 Å². The van der Waals surface area contributed by atoms with E-state index in [4.69, 9.17) is 4.18 Å². The van der Waals surface area contributed by atoms with E-state index in [1.165, 1.54) is 50.7 Å². The molecule has 1 rings (SSSR count). The van der Waals surface area contributed by atoms with Gasteiger partial charge in [-0.25, -0.2) is 0 Å². The second-order valence-corrected chi connectivity index (χ2v) is 9.37. The van der Waals surface area contributed by atoms with Crippen LogP contribution in [0.5, 0.6) is 11.5 Å². The van der Waals surface area contributed by atoms with E-state index < -0.39 is 15.4 Å². The first-order valence-electron chi connectivity index (χ1n) is 10.6. The van der Waals surface area contributed by atoms with Crippen LogP contribution >= 0.6 is 0 Å². The summed E-state index contributed by atoms with van der Waals surface area (Å²) in [7, 11) is -3.70. The van der Waals surface area contributed by atoms with Crippen molar-refractivity contribution in [2.75, 3.05) is 0 Å². The van der Waals surface area contributed by atoms with E-state index in [1.807, 2.05) is 0 Å². The first-order valence-corrected chi connectivity index (χ1v) is 12.1. The van der Waals surface area contributed by atoms with Crippen LogP contribution in [0.25, 0.3) is 0 Å². The van der Waals surface area contributed by atoms with Gasteiger partial charge in [0.2, 0.25) is 0 Å². The molecule has 5 heteroatoms. The normalized spacial score (nSPS) is 12.9. The lowest BCUT2D eigenvalue weighted by Gasteiger charge is -2.18. The van der Waals surface area contributed by atoms with Crippen LogP contribution in [0, 0.1) is 6.92 Å². The van der Waals surface area contributed by atoms with Gasteiger partial charge in [-0.1, -0.05) is 84.1 Å². The standard InChI is InChI=1S/C22H38O4S/c1-4-6-8-9-10-11-12-13-15-21(14-7-5-2)27(24,25)26-22-18-20(23)17-16-19(22)3/h16-18,21,23H,4-15H2,1-3H3. The van der Waals surface area contributed by atoms with Crippen molar-refractivity contribution in [1.29, 1.82) is 0 Å². The predicted octanol–water partition coefficient (Wildman–Crippen LogP) is 6.50. The Morgan fingerprint density at radius 2 is 1.44 bits per heavy atom. The van der Waals surface area contributed by atoms with Crippen molar-refractivity contribution >= 4 is 10.1 Å². The number of aryl methyl sites for hydroxylation is 1. The average molecular weight is 399 g/mol. The molecule has 0 amide bonds. The summed E-state index contributed by atoms with van der Waals surface area (Å²) in [6.07, 6.45) is 12.7. The summed E-state index contributed by atoms with van der Waals surface area (Å²) in [4.78, 5) is 0. The quantitative estimate of drug-likeness (QED) is 0.270. The van der Waals surface area contributed by atoms with E-state index in [0.29, 0.717) is 18.4 Å². The summed E-state index contributed by atoms with van der Waals surface area (Å²) in [5.41, 5.74) is 0.706. The highest BCUT2D eigenvalue weighted by molar-refractivity contribution is 7.87. The summed E-state index contributed by atoms with van der Waals surface area (Å²) in [5.74, 6) is 0.242. The Balaban J connectivity index is 2.56. The zero-order valence-corrected chi connectivity index (χ0v) is 18.2. The van der Waals surface area contributed by atoms with E-state index in [1.54, 1.807) is 13.0 Å². The number of aromatic hydroxyl groups is 1. The van der Waals surface area contributed by atoms with Crippen LogP contribution in [-0.2, 0) is 10.1 Å². The van der Waals surface area contributed by atoms with Gasteiger partial charge in [0.25, 0.3) is 0 Å². The zero-order chi connectivity index (χ0) is 20.1. The number of hydrogen-bond donors (Lipinski definition) is 1. The average Bonchev–Trinajstić information content (AvgIpc) is 2.62. The van der Waals surface area contributed by atoms with Crippen molar-refractivity contribution in [2.24, 2.45) is 0 Å². The number of phenolic OH excluding ortho intramolecular Hbond substituents is 1. The van der Waals surface area contributed by atoms with Gasteiger partial charge in [-0.2, -0.15) is 8.42 Å². The molecule has 156 valence electrons. The van der Waals surface area contributed by atoms with Gasteiger partial charge >= 0.3 is 10.1 Å². The van der Waals surface area contributed by atoms with E-state index in [9.17, 15) is 13.5 Å². The number of phenols is 1. The second kappa shape index (κ2) is 13.0. The molecule has 0 heterocycles. The van der Waals surface area contributed by atoms with E-state index in [2.05, 4.69) is 13.8 Å². The molecular weight excluding hydrogens is 360 g/mol. The van der Waals surface area contributed by atoms with Crippen LogP contribution in [0.4, 0.5) is 0 Å². The molecule has 0 saturated carbocycles. The van der Waals surface area contributed by atoms with Crippen molar-refractivity contribution in [1.82, 2.24) is 0 Å². The highest BCUT2D eigenvalue weighted by atomic mass is 32.2. The number of unbranched alkanes of at least 4 members (excludes halogenated alkanes) is 8. The molecule has 0 fully saturated rings. The molecule has 0 aliphatic rings. The molecule has 1 N–H and O–H groups in total. The van der Waals surface area contributed by atoms with Crippen LogP contribution < -0.4 is 4.18 Å². The molecule has 0 aromatic heterocycles. The second-order valence-electron chi connectivity index (χ2n) is 7.55. The molecule has 0 saturated heterocycles. The predicted molar refractivity (Wildman–Crippen MR) is 113 cm³/mol. The van der Waals surface area contributed by atoms with Crippen molar-refractivity contribution < 1.29 is 17.7 Å². The minimum absolute atomic E-state index is 0.0129. The van der Waals surface area contributed by atoms with E-state index in [0.717, 1.165) is 25.7 Å². The molecule has 1 aromatic carbocycles. The van der Waals surface area contributed by atoms with Gasteiger partial charge < -0.3 is 9.29 Å². The first-order chi connectivity index (χ1) is 12.9. The Bertz CT molecular complexity index is 625. The molecule has 0 radical (unpaired) electrons. The number of rotatable bonds is 15. The molecule has 0 aliphatic heterocycles. The van der Waals surface area contributed by atoms with Crippen molar-refractivity contribution in [3.05, 3.63) is 23.8 Å². The third-order valence-corrected chi connectivity index (χ3v) is 6.74. The lowest BCUT2D eigenvalue weighted by molar-refractivity contribution is 0.442. The molecule has 4 nitrogen and oxygen atoms in total. The number of benzene rings is 1. The lowest BCUT2D eigenvalue weighted by atomic mass is 10.0. The maximum Gasteiger partial charge on any atom is 0.312 e. The van der Waals surface area contributed by atoms with E-state index >= 15 is 0 Å². The third-order valence-electron chi connectivity index (χ3n) is 5.05. The van der Waals surface area contributed by atoms with Gasteiger partial charge in [0, 0.05) is 6.07 Å². The number of hydrogen-bond acceptors (Lipinski definition) is 4. The van der Waals surface area contributed by atoms with Gasteiger partial charge in [0.15, 0.2) is 0 Å². The van der Waals surface area contributed by atoms with Crippen LogP contribution in [0.2, 0.25) is 0 Å². The van der Waals surface area contributed by atoms with Gasteiger partial charge in [0.1, 0.15) is 11.5 Å². The Hall–Kier alpha value is -1.23. The Morgan fingerprint density at radius 1 is 0.889 bits per heavy atom. The fraction of sp³-hybridized carbons (Fsp3) is 0.727. The minimum Gasteiger partial charge on any atom is -0.508 e. The van der Waals surface area contributed by atoms with Crippen LogP contribution in [-0.4, -0.2) is 18.8 Å². The van der Waals surface area contributed by atoms with Gasteiger partial charge in [-0.15, -0.1) is 0 Å². The van der Waals surface area contributed by atoms with Gasteiger partial charge in [0.05, 0.1) is 5.25 Å². The SMILES string of the molecule is CCCCCCCCCCC(CCCC)S(=O)(=O)Oc1cc(O)ccc1C. The van der Waals surface area contributed by atoms with Gasteiger partial charge in [-0.3, -0.25) is 0 Å². The maximum absolute atomic E-state index is 12.8. The summed E-state index contributed by atoms with van der Waals surface area (Å²) in [6, 6.07) is 4.57. The molecule has 1 atom stereocenters. The van der Waals surface area contributed by atoms with Crippen LogP contribution in [0.1, 0.15) is 96.5 Å². The summed E-state index contributed by atoms with van der Waals surface area (Å²) < 4.78 is 31.0. The molecule has 0 aliphatic carbocycles. The topological polar surface area (TPSA) is 63.6 Å². The molecule has 27 heavy (non-hydrogen) atoms. The van der Waals surface area contributed by atoms with E-state index in [-0.39, 0.29) is 11.5 Å². The molecule has 1 aromatic rings. The third kappa shape index (κ3) is 9.50. The van der Waals surface area contributed by atoms with Crippen LogP contribution in [0.15, 0.2) is 18.2 Å². The smallest absolute Gasteiger partial charge is 0.312 e. The zero-order valence-electron chi connectivity index (χ0n) is 17.4. The lowest BCUT2D eigenvalue weighted by Crippen LogP contribution is -2.26. The van der Waals surface area contributed by atoms with Crippen molar-refractivity contribution in [3.8, 4) is 11.5 Å². The molecule has 0 bridgehead atoms. The fourth-order valence-corrected chi connectivity index (χ4v) is 4.72. The summed E-state index contributed by atoms with van der Waals surface area (Å²) >= 11 is 0. The largest absolute Gasteiger partial charge is 0.508 e. The Kier molecular flexibility index (Phi) is 11.5. The molecule has 0 spiro atoms. The molecule has 1 unspecified atom stereocenters. The first kappa shape index (κ1) is 23.8. The minimum atomic E-state index is -3.70. The van der Waals surface area contributed by atoms with Crippen LogP contribution in [0.3, 0.4) is 0 Å². The summed E-state index contributed by atoms with van der Waals surface area (Å²) in [5, 5.41) is 9.14. The maximum atomic E-state index is 12.8. The van der Waals surface area contributed by atoms with Gasteiger partial charge in [-0.05, 0) is 31.4 Å². The molecular formula is C22H38O4S.